The van der Waals surface area contributed by atoms with Gasteiger partial charge in [0.2, 0.25) is 33.7 Å². The fourth-order valence-corrected chi connectivity index (χ4v) is 7.71. The van der Waals surface area contributed by atoms with E-state index in [0.717, 1.165) is 26.9 Å². The van der Waals surface area contributed by atoms with Gasteiger partial charge in [0.1, 0.15) is 12.1 Å². The third kappa shape index (κ3) is 10.8. The molecule has 2 aliphatic heterocycles. The number of ether oxygens (including phenoxy) is 1. The van der Waals surface area contributed by atoms with Crippen molar-refractivity contribution < 1.29 is 46.7 Å². The standard InChI is InChI=1S/C41H41N7O10S2/c1-60(56,57)47-21-18-28(24-47)36(51)43-30(37(52)46-41-44-31(25-59-41)26-10-4-2-5-11-26)19-23-58-22-9-15-33(49)42-20-7-3-6-12-27-13-8-14-29-35(27)40(55)48(39(29)54)32-16-17-34(50)45-38(32)53/h2,4-5,8,10-11,13-14,18,21,24-25,30,32H,3,7,9,15-17,19-20,22-23H2,1H3,(H,42,49)(H,43,51)(H,44,46,52)(H,45,50,53)/t30-,32?/m0/s1. The third-order valence-electron chi connectivity index (χ3n) is 9.47. The number of fused-ring (bicyclic) bond motifs is 1. The third-order valence-corrected chi connectivity index (χ3v) is 11.2. The molecular formula is C41H41N7O10S2. The lowest BCUT2D eigenvalue weighted by atomic mass is 10.0. The molecule has 2 atom stereocenters. The van der Waals surface area contributed by atoms with Gasteiger partial charge in [-0.2, -0.15) is 0 Å². The zero-order chi connectivity index (χ0) is 42.8. The van der Waals surface area contributed by atoms with E-state index in [1.54, 1.807) is 17.5 Å². The maximum absolute atomic E-state index is 13.4. The number of nitrogens with one attached hydrogen (secondary N) is 4. The summed E-state index contributed by atoms with van der Waals surface area (Å²) in [5, 5.41) is 12.5. The van der Waals surface area contributed by atoms with Crippen LogP contribution in [0.1, 0.15) is 81.6 Å². The molecular weight excluding hydrogens is 815 g/mol. The average molecular weight is 856 g/mol. The highest BCUT2D eigenvalue weighted by molar-refractivity contribution is 7.89. The Morgan fingerprint density at radius 3 is 2.57 bits per heavy atom. The number of hydrogen-bond donors (Lipinski definition) is 4. The number of carbonyl (C=O) groups is 7. The molecule has 6 rings (SSSR count). The van der Waals surface area contributed by atoms with Crippen LogP contribution in [0.2, 0.25) is 0 Å². The molecule has 2 aromatic carbocycles. The summed E-state index contributed by atoms with van der Waals surface area (Å²) >= 11 is 1.22. The molecule has 4 heterocycles. The van der Waals surface area contributed by atoms with Gasteiger partial charge in [-0.1, -0.05) is 48.2 Å². The molecule has 60 heavy (non-hydrogen) atoms. The number of aromatic nitrogens is 2. The number of amides is 7. The average Bonchev–Trinajstić information content (AvgIpc) is 3.97. The molecule has 1 fully saturated rings. The van der Waals surface area contributed by atoms with Crippen molar-refractivity contribution in [3.05, 3.63) is 94.6 Å². The van der Waals surface area contributed by atoms with Crippen molar-refractivity contribution in [3.8, 4) is 23.1 Å². The molecule has 0 bridgehead atoms. The maximum Gasteiger partial charge on any atom is 0.263 e. The first kappa shape index (κ1) is 43.1. The summed E-state index contributed by atoms with van der Waals surface area (Å²) in [6.45, 7) is 0.613. The minimum absolute atomic E-state index is 0.0214. The highest BCUT2D eigenvalue weighted by atomic mass is 32.2. The number of nitrogens with zero attached hydrogens (tertiary/aromatic N) is 3. The molecule has 17 nitrogen and oxygen atoms in total. The number of unbranched alkanes of at least 4 members (excludes halogenated alkanes) is 1. The van der Waals surface area contributed by atoms with Crippen LogP contribution in [-0.2, 0) is 33.9 Å². The van der Waals surface area contributed by atoms with Gasteiger partial charge in [0, 0.05) is 67.9 Å². The van der Waals surface area contributed by atoms with Gasteiger partial charge in [0.15, 0.2) is 5.13 Å². The van der Waals surface area contributed by atoms with Gasteiger partial charge in [0.05, 0.1) is 28.6 Å². The van der Waals surface area contributed by atoms with Crippen molar-refractivity contribution in [3.63, 3.8) is 0 Å². The number of anilines is 1. The fourth-order valence-electron chi connectivity index (χ4n) is 6.40. The van der Waals surface area contributed by atoms with Gasteiger partial charge in [0.25, 0.3) is 17.7 Å². The second-order valence-corrected chi connectivity index (χ2v) is 16.6. The summed E-state index contributed by atoms with van der Waals surface area (Å²) < 4.78 is 30.4. The van der Waals surface area contributed by atoms with Crippen LogP contribution in [0.15, 0.2) is 72.4 Å². The largest absolute Gasteiger partial charge is 0.381 e. The second-order valence-electron chi connectivity index (χ2n) is 13.8. The molecule has 2 aliphatic rings. The molecule has 19 heteroatoms. The van der Waals surface area contributed by atoms with Gasteiger partial charge >= 0.3 is 0 Å². The Hall–Kier alpha value is -6.49. The maximum atomic E-state index is 13.4. The number of hydrogen-bond acceptors (Lipinski definition) is 12. The van der Waals surface area contributed by atoms with Crippen LogP contribution in [0.25, 0.3) is 11.3 Å². The molecule has 0 aliphatic carbocycles. The van der Waals surface area contributed by atoms with Crippen LogP contribution in [0.5, 0.6) is 0 Å². The quantitative estimate of drug-likeness (QED) is 0.0685. The predicted octanol–water partition coefficient (Wildman–Crippen LogP) is 2.69. The Morgan fingerprint density at radius 1 is 1.02 bits per heavy atom. The molecule has 312 valence electrons. The minimum atomic E-state index is -3.62. The fraction of sp³-hybridized carbons (Fsp3) is 0.317. The lowest BCUT2D eigenvalue weighted by molar-refractivity contribution is -0.136. The number of benzene rings is 2. The van der Waals surface area contributed by atoms with Crippen LogP contribution in [0.3, 0.4) is 0 Å². The highest BCUT2D eigenvalue weighted by Gasteiger charge is 2.45. The topological polar surface area (TPSA) is 232 Å². The van der Waals surface area contributed by atoms with E-state index in [9.17, 15) is 42.0 Å². The van der Waals surface area contributed by atoms with Gasteiger partial charge in [-0.3, -0.25) is 47.8 Å². The predicted molar refractivity (Wildman–Crippen MR) is 219 cm³/mol. The van der Waals surface area contributed by atoms with Crippen molar-refractivity contribution in [1.82, 2.24) is 29.8 Å². The normalized spacial score (nSPS) is 15.4. The summed E-state index contributed by atoms with van der Waals surface area (Å²) in [4.78, 5) is 94.5. The van der Waals surface area contributed by atoms with E-state index in [0.29, 0.717) is 42.2 Å². The highest BCUT2D eigenvalue weighted by Crippen LogP contribution is 2.30. The van der Waals surface area contributed by atoms with E-state index >= 15 is 0 Å². The van der Waals surface area contributed by atoms with Crippen LogP contribution in [0, 0.1) is 11.8 Å². The SMILES string of the molecule is CS(=O)(=O)n1ccc(C(=O)N[C@@H](CCOCCCC(=O)NCCCC#Cc2cccc3c2C(=O)N(C2CCC(=O)NC2=O)C3=O)C(=O)Nc2nc(-c3ccccc3)cs2)c1. The Kier molecular flexibility index (Phi) is 14.0. The van der Waals surface area contributed by atoms with Crippen LogP contribution >= 0.6 is 11.3 Å². The summed E-state index contributed by atoms with van der Waals surface area (Å²) in [6.07, 6.45) is 5.00. The lowest BCUT2D eigenvalue weighted by Gasteiger charge is -2.27. The number of thiazole rings is 1. The van der Waals surface area contributed by atoms with Crippen LogP contribution < -0.4 is 21.3 Å². The summed E-state index contributed by atoms with van der Waals surface area (Å²) in [6, 6.07) is 13.3. The molecule has 2 aromatic heterocycles. The number of imide groups is 2. The van der Waals surface area contributed by atoms with E-state index in [1.165, 1.54) is 29.7 Å². The van der Waals surface area contributed by atoms with Crippen molar-refractivity contribution in [1.29, 1.82) is 0 Å². The van der Waals surface area contributed by atoms with Gasteiger partial charge in [-0.05, 0) is 43.9 Å². The summed E-state index contributed by atoms with van der Waals surface area (Å²) in [5.74, 6) is 2.12. The first-order valence-corrected chi connectivity index (χ1v) is 21.7. The Bertz CT molecular complexity index is 2490. The van der Waals surface area contributed by atoms with Crippen LogP contribution in [0.4, 0.5) is 5.13 Å². The molecule has 0 saturated carbocycles. The Labute approximate surface area is 349 Å². The number of rotatable bonds is 17. The van der Waals surface area contributed by atoms with E-state index in [2.05, 4.69) is 38.1 Å². The zero-order valence-corrected chi connectivity index (χ0v) is 34.0. The molecule has 0 radical (unpaired) electrons. The van der Waals surface area contributed by atoms with E-state index in [1.807, 2.05) is 30.3 Å². The van der Waals surface area contributed by atoms with Crippen molar-refractivity contribution in [2.75, 3.05) is 31.3 Å². The molecule has 1 unspecified atom stereocenters. The minimum Gasteiger partial charge on any atom is -0.381 e. The lowest BCUT2D eigenvalue weighted by Crippen LogP contribution is -2.54. The molecule has 4 N–H and O–H groups in total. The van der Waals surface area contributed by atoms with Crippen molar-refractivity contribution >= 4 is 67.8 Å². The van der Waals surface area contributed by atoms with Gasteiger partial charge in [-0.25, -0.2) is 13.4 Å². The molecule has 4 aromatic rings. The van der Waals surface area contributed by atoms with E-state index < -0.39 is 57.6 Å². The summed E-state index contributed by atoms with van der Waals surface area (Å²) in [7, 11) is -3.62. The number of carbonyl (C=O) groups excluding carboxylic acids is 7. The van der Waals surface area contributed by atoms with Gasteiger partial charge < -0.3 is 20.7 Å². The number of piperidine rings is 1. The van der Waals surface area contributed by atoms with Crippen molar-refractivity contribution in [2.24, 2.45) is 0 Å². The first-order valence-electron chi connectivity index (χ1n) is 19.0. The molecule has 7 amide bonds. The van der Waals surface area contributed by atoms with Crippen LogP contribution in [-0.4, -0.2) is 102 Å². The second kappa shape index (κ2) is 19.5. The Balaban J connectivity index is 0.926. The zero-order valence-electron chi connectivity index (χ0n) is 32.4. The molecule has 0 spiro atoms. The van der Waals surface area contributed by atoms with Crippen molar-refractivity contribution in [2.45, 2.75) is 57.0 Å². The van der Waals surface area contributed by atoms with E-state index in [-0.39, 0.29) is 61.5 Å². The first-order chi connectivity index (χ1) is 28.8. The Morgan fingerprint density at radius 2 is 1.82 bits per heavy atom. The summed E-state index contributed by atoms with van der Waals surface area (Å²) in [5.41, 5.74) is 2.21. The van der Waals surface area contributed by atoms with E-state index in [4.69, 9.17) is 4.74 Å². The van der Waals surface area contributed by atoms with Gasteiger partial charge in [-0.15, -0.1) is 11.3 Å². The molecule has 1 saturated heterocycles. The smallest absolute Gasteiger partial charge is 0.263 e. The monoisotopic (exact) mass is 855 g/mol.